The number of rotatable bonds is 5. The molecule has 6 heteroatoms. The van der Waals surface area contributed by atoms with Gasteiger partial charge in [-0.1, -0.05) is 26.0 Å². The van der Waals surface area contributed by atoms with E-state index in [1.54, 1.807) is 12.1 Å². The number of hydrogen-bond donors (Lipinski definition) is 0. The molecule has 0 unspecified atom stereocenters. The van der Waals surface area contributed by atoms with E-state index in [2.05, 4.69) is 30.8 Å². The van der Waals surface area contributed by atoms with Gasteiger partial charge in [0.25, 0.3) is 0 Å². The third-order valence-electron chi connectivity index (χ3n) is 5.57. The van der Waals surface area contributed by atoms with Crippen molar-refractivity contribution >= 4 is 5.91 Å². The second kappa shape index (κ2) is 8.21. The van der Waals surface area contributed by atoms with Crippen LogP contribution in [0.2, 0.25) is 0 Å². The van der Waals surface area contributed by atoms with Crippen LogP contribution in [0.1, 0.15) is 37.1 Å². The van der Waals surface area contributed by atoms with Crippen molar-refractivity contribution in [3.63, 3.8) is 0 Å². The third-order valence-corrected chi connectivity index (χ3v) is 5.57. The van der Waals surface area contributed by atoms with Gasteiger partial charge in [-0.25, -0.2) is 4.39 Å². The van der Waals surface area contributed by atoms with Crippen molar-refractivity contribution < 1.29 is 9.18 Å². The summed E-state index contributed by atoms with van der Waals surface area (Å²) < 4.78 is 15.1. The van der Waals surface area contributed by atoms with E-state index in [0.717, 1.165) is 30.9 Å². The van der Waals surface area contributed by atoms with Crippen molar-refractivity contribution in [2.24, 2.45) is 13.0 Å². The standard InChI is InChI=1S/C21H29FN4O/c1-15(2)20-14-25(13-18-11-23-24(4)16(18)3)10-9-21(27)26(20)12-17-5-7-19(22)8-6-17/h5-8,11,15,20H,9-10,12-14H2,1-4H3/t20-/m1/s1. The molecule has 1 saturated heterocycles. The molecule has 1 fully saturated rings. The van der Waals surface area contributed by atoms with E-state index in [9.17, 15) is 9.18 Å². The molecular weight excluding hydrogens is 343 g/mol. The van der Waals surface area contributed by atoms with Crippen molar-refractivity contribution in [1.29, 1.82) is 0 Å². The molecule has 5 nitrogen and oxygen atoms in total. The lowest BCUT2D eigenvalue weighted by atomic mass is 10.0. The van der Waals surface area contributed by atoms with Crippen LogP contribution in [0.5, 0.6) is 0 Å². The van der Waals surface area contributed by atoms with Gasteiger partial charge >= 0.3 is 0 Å². The summed E-state index contributed by atoms with van der Waals surface area (Å²) in [7, 11) is 1.95. The van der Waals surface area contributed by atoms with Crippen molar-refractivity contribution in [2.45, 2.75) is 46.3 Å². The lowest BCUT2D eigenvalue weighted by molar-refractivity contribution is -0.134. The van der Waals surface area contributed by atoms with Crippen LogP contribution < -0.4 is 0 Å². The summed E-state index contributed by atoms with van der Waals surface area (Å²) in [6.07, 6.45) is 2.42. The molecule has 0 N–H and O–H groups in total. The average molecular weight is 372 g/mol. The summed E-state index contributed by atoms with van der Waals surface area (Å²) in [5.74, 6) is 0.257. The number of halogens is 1. The van der Waals surface area contributed by atoms with Crippen LogP contribution >= 0.6 is 0 Å². The molecule has 1 amide bonds. The van der Waals surface area contributed by atoms with E-state index in [4.69, 9.17) is 0 Å². The Morgan fingerprint density at radius 3 is 2.52 bits per heavy atom. The van der Waals surface area contributed by atoms with Crippen LogP contribution in [0.15, 0.2) is 30.5 Å². The number of hydrogen-bond acceptors (Lipinski definition) is 3. The van der Waals surface area contributed by atoms with Crippen molar-refractivity contribution in [3.05, 3.63) is 53.1 Å². The Morgan fingerprint density at radius 1 is 1.22 bits per heavy atom. The first kappa shape index (κ1) is 19.5. The summed E-state index contributed by atoms with van der Waals surface area (Å²) in [6, 6.07) is 6.57. The van der Waals surface area contributed by atoms with Crippen LogP contribution in [-0.2, 0) is 24.9 Å². The summed E-state index contributed by atoms with van der Waals surface area (Å²) in [6.45, 7) is 9.31. The summed E-state index contributed by atoms with van der Waals surface area (Å²) in [5.41, 5.74) is 3.33. The molecule has 1 aliphatic rings. The highest BCUT2D eigenvalue weighted by atomic mass is 19.1. The summed E-state index contributed by atoms with van der Waals surface area (Å²) >= 11 is 0. The lowest BCUT2D eigenvalue weighted by Gasteiger charge is -2.35. The zero-order valence-electron chi connectivity index (χ0n) is 16.7. The minimum absolute atomic E-state index is 0.127. The molecule has 2 heterocycles. The van der Waals surface area contributed by atoms with Crippen LogP contribution in [0.25, 0.3) is 0 Å². The molecule has 1 aromatic carbocycles. The SMILES string of the molecule is Cc1c(CN2CCC(=O)N(Cc3ccc(F)cc3)[C@@H](C(C)C)C2)cnn1C. The molecule has 1 aliphatic heterocycles. The molecular formula is C21H29FN4O. The van der Waals surface area contributed by atoms with Gasteiger partial charge in [0, 0.05) is 56.9 Å². The van der Waals surface area contributed by atoms with Gasteiger partial charge in [-0.05, 0) is 30.5 Å². The molecule has 0 radical (unpaired) electrons. The van der Waals surface area contributed by atoms with Gasteiger partial charge in [0.2, 0.25) is 5.91 Å². The van der Waals surface area contributed by atoms with Gasteiger partial charge in [0.05, 0.1) is 6.20 Å². The first-order valence-electron chi connectivity index (χ1n) is 9.59. The monoisotopic (exact) mass is 372 g/mol. The van der Waals surface area contributed by atoms with Crippen LogP contribution in [-0.4, -0.2) is 44.6 Å². The maximum atomic E-state index is 13.2. The molecule has 0 saturated carbocycles. The lowest BCUT2D eigenvalue weighted by Crippen LogP contribution is -2.45. The largest absolute Gasteiger partial charge is 0.334 e. The van der Waals surface area contributed by atoms with Gasteiger partial charge in [-0.3, -0.25) is 14.4 Å². The number of aromatic nitrogens is 2. The molecule has 0 spiro atoms. The van der Waals surface area contributed by atoms with Gasteiger partial charge in [-0.2, -0.15) is 5.10 Å². The minimum atomic E-state index is -0.251. The quantitative estimate of drug-likeness (QED) is 0.810. The highest BCUT2D eigenvalue weighted by molar-refractivity contribution is 5.77. The van der Waals surface area contributed by atoms with E-state index < -0.39 is 0 Å². The molecule has 2 aromatic rings. The van der Waals surface area contributed by atoms with Gasteiger partial charge in [-0.15, -0.1) is 0 Å². The number of nitrogens with zero attached hydrogens (tertiary/aromatic N) is 4. The maximum absolute atomic E-state index is 13.2. The fourth-order valence-corrected chi connectivity index (χ4v) is 3.68. The van der Waals surface area contributed by atoms with E-state index in [0.29, 0.717) is 18.9 Å². The third kappa shape index (κ3) is 4.56. The topological polar surface area (TPSA) is 41.4 Å². The Labute approximate surface area is 160 Å². The Kier molecular flexibility index (Phi) is 5.95. The fourth-order valence-electron chi connectivity index (χ4n) is 3.68. The van der Waals surface area contributed by atoms with Gasteiger partial charge in [0.1, 0.15) is 5.82 Å². The van der Waals surface area contributed by atoms with E-state index >= 15 is 0 Å². The highest BCUT2D eigenvalue weighted by Crippen LogP contribution is 2.22. The van der Waals surface area contributed by atoms with E-state index in [1.807, 2.05) is 22.8 Å². The highest BCUT2D eigenvalue weighted by Gasteiger charge is 2.32. The second-order valence-corrected chi connectivity index (χ2v) is 7.82. The summed E-state index contributed by atoms with van der Waals surface area (Å²) in [4.78, 5) is 17.2. The zero-order chi connectivity index (χ0) is 19.6. The minimum Gasteiger partial charge on any atom is -0.334 e. The number of amides is 1. The van der Waals surface area contributed by atoms with E-state index in [-0.39, 0.29) is 17.8 Å². The number of benzene rings is 1. The van der Waals surface area contributed by atoms with E-state index in [1.165, 1.54) is 17.7 Å². The van der Waals surface area contributed by atoms with Gasteiger partial charge in [0.15, 0.2) is 0 Å². The molecule has 146 valence electrons. The first-order valence-corrected chi connectivity index (χ1v) is 9.59. The normalized spacial score (nSPS) is 19.0. The Hall–Kier alpha value is -2.21. The summed E-state index contributed by atoms with van der Waals surface area (Å²) in [5, 5.41) is 4.33. The molecule has 1 atom stereocenters. The maximum Gasteiger partial charge on any atom is 0.224 e. The Bertz CT molecular complexity index is 784. The first-order chi connectivity index (χ1) is 12.8. The van der Waals surface area contributed by atoms with Crippen LogP contribution in [0.4, 0.5) is 4.39 Å². The van der Waals surface area contributed by atoms with Crippen LogP contribution in [0, 0.1) is 18.7 Å². The molecule has 1 aromatic heterocycles. The Balaban J connectivity index is 1.77. The van der Waals surface area contributed by atoms with Crippen molar-refractivity contribution in [2.75, 3.05) is 13.1 Å². The predicted molar refractivity (Wildman–Crippen MR) is 103 cm³/mol. The molecule has 27 heavy (non-hydrogen) atoms. The predicted octanol–water partition coefficient (Wildman–Crippen LogP) is 3.13. The number of carbonyl (C=O) groups is 1. The van der Waals surface area contributed by atoms with Crippen molar-refractivity contribution in [3.8, 4) is 0 Å². The average Bonchev–Trinajstić information content (AvgIpc) is 2.85. The zero-order valence-corrected chi connectivity index (χ0v) is 16.7. The Morgan fingerprint density at radius 2 is 1.93 bits per heavy atom. The van der Waals surface area contributed by atoms with Gasteiger partial charge < -0.3 is 4.90 Å². The fraction of sp³-hybridized carbons (Fsp3) is 0.524. The van der Waals surface area contributed by atoms with Crippen molar-refractivity contribution in [1.82, 2.24) is 19.6 Å². The molecule has 0 aliphatic carbocycles. The molecule has 3 rings (SSSR count). The van der Waals surface area contributed by atoms with Crippen LogP contribution in [0.3, 0.4) is 0 Å². The number of carbonyl (C=O) groups excluding carboxylic acids is 1. The number of aryl methyl sites for hydroxylation is 1. The smallest absolute Gasteiger partial charge is 0.224 e. The second-order valence-electron chi connectivity index (χ2n) is 7.82. The molecule has 0 bridgehead atoms.